The number of aliphatic imine (C=N–C) groups is 1. The predicted molar refractivity (Wildman–Crippen MR) is 111 cm³/mol. The molecule has 2 aliphatic heterocycles. The van der Waals surface area contributed by atoms with E-state index < -0.39 is 6.23 Å². The molecule has 1 N–H and O–H groups in total. The van der Waals surface area contributed by atoms with Crippen LogP contribution in [-0.4, -0.2) is 51.7 Å². The SMILES string of the molecule is CCCCCN1C=NC2CC1N(C)c1nc(C)c(CC(C)C(C)C)n1C2O. The van der Waals surface area contributed by atoms with Crippen LogP contribution in [0.4, 0.5) is 5.95 Å². The minimum absolute atomic E-state index is 0.108. The lowest BCUT2D eigenvalue weighted by molar-refractivity contribution is 0.0664. The first kappa shape index (κ1) is 20.2. The van der Waals surface area contributed by atoms with Crippen molar-refractivity contribution in [1.82, 2.24) is 14.5 Å². The Morgan fingerprint density at radius 2 is 2.00 bits per heavy atom. The molecule has 1 aromatic rings. The summed E-state index contributed by atoms with van der Waals surface area (Å²) in [5.74, 6) is 2.02. The third-order valence-corrected chi connectivity index (χ3v) is 6.48. The third-order valence-electron chi connectivity index (χ3n) is 6.48. The summed E-state index contributed by atoms with van der Waals surface area (Å²) >= 11 is 0. The number of aryl methyl sites for hydroxylation is 1. The third kappa shape index (κ3) is 3.86. The quantitative estimate of drug-likeness (QED) is 0.740. The van der Waals surface area contributed by atoms with Gasteiger partial charge in [0, 0.05) is 25.7 Å². The van der Waals surface area contributed by atoms with E-state index >= 15 is 0 Å². The Morgan fingerprint density at radius 3 is 2.67 bits per heavy atom. The van der Waals surface area contributed by atoms with Crippen molar-refractivity contribution in [3.8, 4) is 0 Å². The van der Waals surface area contributed by atoms with Gasteiger partial charge in [-0.1, -0.05) is 40.5 Å². The van der Waals surface area contributed by atoms with Crippen molar-refractivity contribution in [3.05, 3.63) is 11.4 Å². The zero-order chi connectivity index (χ0) is 19.7. The van der Waals surface area contributed by atoms with Gasteiger partial charge in [0.2, 0.25) is 5.95 Å². The highest BCUT2D eigenvalue weighted by atomic mass is 16.3. The Morgan fingerprint density at radius 1 is 1.26 bits per heavy atom. The molecule has 0 saturated heterocycles. The van der Waals surface area contributed by atoms with E-state index in [1.165, 1.54) is 19.3 Å². The number of nitrogens with zero attached hydrogens (tertiary/aromatic N) is 5. The highest BCUT2D eigenvalue weighted by molar-refractivity contribution is 5.59. The molecule has 2 aliphatic rings. The smallest absolute Gasteiger partial charge is 0.209 e. The summed E-state index contributed by atoms with van der Waals surface area (Å²) in [5, 5.41) is 11.2. The largest absolute Gasteiger partial charge is 0.371 e. The van der Waals surface area contributed by atoms with Gasteiger partial charge < -0.3 is 14.9 Å². The van der Waals surface area contributed by atoms with Crippen molar-refractivity contribution >= 4 is 12.3 Å². The maximum absolute atomic E-state index is 11.2. The first-order valence-corrected chi connectivity index (χ1v) is 10.6. The van der Waals surface area contributed by atoms with E-state index in [0.29, 0.717) is 11.8 Å². The number of fused-ring (bicyclic) bond motifs is 3. The topological polar surface area (TPSA) is 56.9 Å². The summed E-state index contributed by atoms with van der Waals surface area (Å²) in [4.78, 5) is 14.2. The molecule has 3 rings (SSSR count). The summed E-state index contributed by atoms with van der Waals surface area (Å²) in [7, 11) is 2.11. The molecule has 0 spiro atoms. The second-order valence-corrected chi connectivity index (χ2v) is 8.76. The summed E-state index contributed by atoms with van der Waals surface area (Å²) in [6, 6.07) is -0.108. The van der Waals surface area contributed by atoms with Gasteiger partial charge in [0.05, 0.1) is 12.0 Å². The number of hydrogen-bond donors (Lipinski definition) is 1. The van der Waals surface area contributed by atoms with Crippen LogP contribution >= 0.6 is 0 Å². The molecule has 4 atom stereocenters. The molecule has 1 aromatic heterocycles. The number of aliphatic hydroxyl groups is 1. The van der Waals surface area contributed by atoms with Gasteiger partial charge in [-0.25, -0.2) is 4.98 Å². The first-order chi connectivity index (χ1) is 12.8. The zero-order valence-electron chi connectivity index (χ0n) is 17.9. The molecule has 27 heavy (non-hydrogen) atoms. The lowest BCUT2D eigenvalue weighted by Gasteiger charge is -2.39. The van der Waals surface area contributed by atoms with E-state index in [-0.39, 0.29) is 12.2 Å². The van der Waals surface area contributed by atoms with Gasteiger partial charge in [-0.15, -0.1) is 0 Å². The van der Waals surface area contributed by atoms with Gasteiger partial charge >= 0.3 is 0 Å². The molecule has 3 heterocycles. The van der Waals surface area contributed by atoms with Crippen LogP contribution in [-0.2, 0) is 6.42 Å². The van der Waals surface area contributed by atoms with Crippen molar-refractivity contribution in [2.24, 2.45) is 16.8 Å². The molecular weight excluding hydrogens is 338 g/mol. The Labute approximate surface area is 164 Å². The molecule has 0 saturated carbocycles. The van der Waals surface area contributed by atoms with Crippen LogP contribution in [0, 0.1) is 18.8 Å². The molecule has 0 amide bonds. The number of aliphatic hydroxyl groups excluding tert-OH is 1. The number of anilines is 1. The lowest BCUT2D eigenvalue weighted by atomic mass is 9.92. The highest BCUT2D eigenvalue weighted by Gasteiger charge is 2.40. The van der Waals surface area contributed by atoms with Crippen LogP contribution in [0.1, 0.15) is 71.0 Å². The Balaban J connectivity index is 1.93. The normalized spacial score (nSPS) is 25.7. The van der Waals surface area contributed by atoms with Crippen molar-refractivity contribution < 1.29 is 5.11 Å². The van der Waals surface area contributed by atoms with Gasteiger partial charge in [0.25, 0.3) is 0 Å². The van der Waals surface area contributed by atoms with Gasteiger partial charge in [0.1, 0.15) is 12.2 Å². The van der Waals surface area contributed by atoms with E-state index in [1.54, 1.807) is 0 Å². The van der Waals surface area contributed by atoms with Crippen molar-refractivity contribution in [3.63, 3.8) is 0 Å². The number of imidazole rings is 1. The standard InChI is InChI=1S/C21H37N5O/c1-7-8-9-10-25-13-22-17-12-19(25)24(6)21-23-16(5)18(26(21)20(17)27)11-15(4)14(2)3/h13-15,17,19-20,27H,7-12H2,1-6H3. The van der Waals surface area contributed by atoms with Gasteiger partial charge in [-0.2, -0.15) is 0 Å². The van der Waals surface area contributed by atoms with Crippen molar-refractivity contribution in [1.29, 1.82) is 0 Å². The summed E-state index contributed by atoms with van der Waals surface area (Å²) < 4.78 is 2.06. The molecule has 0 aromatic carbocycles. The molecular formula is C21H37N5O. The summed E-state index contributed by atoms with van der Waals surface area (Å²) in [6.45, 7) is 12.1. The maximum Gasteiger partial charge on any atom is 0.209 e. The van der Waals surface area contributed by atoms with Crippen LogP contribution < -0.4 is 4.90 Å². The molecule has 0 aliphatic carbocycles. The van der Waals surface area contributed by atoms with E-state index in [1.807, 2.05) is 6.34 Å². The minimum atomic E-state index is -0.642. The number of aromatic nitrogens is 2. The van der Waals surface area contributed by atoms with Crippen LogP contribution in [0.5, 0.6) is 0 Å². The van der Waals surface area contributed by atoms with E-state index in [4.69, 9.17) is 9.98 Å². The fourth-order valence-corrected chi connectivity index (χ4v) is 4.17. The Kier molecular flexibility index (Phi) is 6.14. The second kappa shape index (κ2) is 8.21. The van der Waals surface area contributed by atoms with E-state index in [2.05, 4.69) is 56.0 Å². The van der Waals surface area contributed by atoms with Gasteiger partial charge in [-0.05, 0) is 31.6 Å². The monoisotopic (exact) mass is 375 g/mol. The molecule has 6 heteroatoms. The number of unbranched alkanes of at least 4 members (excludes halogenated alkanes) is 2. The second-order valence-electron chi connectivity index (χ2n) is 8.76. The van der Waals surface area contributed by atoms with Crippen LogP contribution in [0.2, 0.25) is 0 Å². The maximum atomic E-state index is 11.2. The highest BCUT2D eigenvalue weighted by Crippen LogP contribution is 2.36. The molecule has 0 fully saturated rings. The van der Waals surface area contributed by atoms with Crippen molar-refractivity contribution in [2.45, 2.75) is 85.2 Å². The molecule has 6 nitrogen and oxygen atoms in total. The lowest BCUT2D eigenvalue weighted by Crippen LogP contribution is -2.50. The average Bonchev–Trinajstić information content (AvgIpc) is 2.93. The van der Waals surface area contributed by atoms with Crippen LogP contribution in [0.15, 0.2) is 4.99 Å². The zero-order valence-corrected chi connectivity index (χ0v) is 17.9. The molecule has 2 bridgehead atoms. The summed E-state index contributed by atoms with van der Waals surface area (Å²) in [6.07, 6.45) is 6.92. The fraction of sp³-hybridized carbons (Fsp3) is 0.810. The Hall–Kier alpha value is -1.56. The molecule has 152 valence electrons. The minimum Gasteiger partial charge on any atom is -0.371 e. The first-order valence-electron chi connectivity index (χ1n) is 10.6. The number of hydrogen-bond acceptors (Lipinski definition) is 5. The van der Waals surface area contributed by atoms with Crippen LogP contribution in [0.3, 0.4) is 0 Å². The van der Waals surface area contributed by atoms with E-state index in [9.17, 15) is 5.11 Å². The Bertz CT molecular complexity index is 668. The van der Waals surface area contributed by atoms with Crippen molar-refractivity contribution in [2.75, 3.05) is 18.5 Å². The fourth-order valence-electron chi connectivity index (χ4n) is 4.17. The average molecular weight is 376 g/mol. The molecule has 4 unspecified atom stereocenters. The summed E-state index contributed by atoms with van der Waals surface area (Å²) in [5.41, 5.74) is 2.19. The van der Waals surface area contributed by atoms with E-state index in [0.717, 1.165) is 36.7 Å². The molecule has 0 radical (unpaired) electrons. The number of rotatable bonds is 7. The van der Waals surface area contributed by atoms with Gasteiger partial charge in [-0.3, -0.25) is 9.56 Å². The van der Waals surface area contributed by atoms with Crippen LogP contribution in [0.25, 0.3) is 0 Å². The predicted octanol–water partition coefficient (Wildman–Crippen LogP) is 3.59. The van der Waals surface area contributed by atoms with Gasteiger partial charge in [0.15, 0.2) is 6.23 Å².